The number of amides is 1. The Morgan fingerprint density at radius 3 is 2.50 bits per heavy atom. The molecule has 1 aromatic carbocycles. The summed E-state index contributed by atoms with van der Waals surface area (Å²) in [7, 11) is -4.50. The van der Waals surface area contributed by atoms with Crippen molar-refractivity contribution in [3.8, 4) is 17.0 Å². The van der Waals surface area contributed by atoms with Crippen LogP contribution in [0, 0.1) is 17.7 Å². The molecule has 4 rings (SSSR count). The second-order valence-electron chi connectivity index (χ2n) is 11.1. The van der Waals surface area contributed by atoms with Crippen LogP contribution in [-0.2, 0) is 10.0 Å². The maximum atomic E-state index is 14.5. The molecule has 0 aliphatic carbocycles. The molecular weight excluding hydrogens is 578 g/mol. The first-order chi connectivity index (χ1) is 19.5. The third-order valence-electron chi connectivity index (χ3n) is 6.72. The summed E-state index contributed by atoms with van der Waals surface area (Å²) in [5, 5.41) is -0.519. The van der Waals surface area contributed by atoms with Gasteiger partial charge in [0.1, 0.15) is 23.2 Å². The number of halogens is 4. The molecule has 2 aromatic heterocycles. The third kappa shape index (κ3) is 6.92. The highest BCUT2D eigenvalue weighted by molar-refractivity contribution is 7.90. The van der Waals surface area contributed by atoms with Crippen molar-refractivity contribution in [2.45, 2.75) is 50.9 Å². The summed E-state index contributed by atoms with van der Waals surface area (Å²) in [6, 6.07) is 10.3. The fourth-order valence-electron chi connectivity index (χ4n) is 4.70. The van der Waals surface area contributed by atoms with Gasteiger partial charge in [-0.1, -0.05) is 19.9 Å². The minimum Gasteiger partial charge on any atom is -0.493 e. The van der Waals surface area contributed by atoms with Crippen molar-refractivity contribution in [2.24, 2.45) is 11.8 Å². The van der Waals surface area contributed by atoms with Gasteiger partial charge >= 0.3 is 6.18 Å². The number of carbonyl (C=O) groups is 1. The molecule has 1 fully saturated rings. The molecule has 3 aromatic rings. The number of nitrogens with one attached hydrogen (secondary N) is 1. The Balaban J connectivity index is 1.80. The summed E-state index contributed by atoms with van der Waals surface area (Å²) < 4.78 is 89.2. The number of ether oxygens (including phenoxy) is 1. The number of benzene rings is 1. The highest BCUT2D eigenvalue weighted by atomic mass is 32.2. The predicted octanol–water partition coefficient (Wildman–Crippen LogP) is 5.19. The van der Waals surface area contributed by atoms with Crippen molar-refractivity contribution < 1.29 is 35.5 Å². The SMILES string of the molecule is CC(C)COc1cc(F)cc(-c2ccc(C(=O)NS(=O)(=O)c3cccc(N)n3)c(N3CC(C(F)(F)F)CC3(C)C)n2)c1. The van der Waals surface area contributed by atoms with E-state index in [1.165, 1.54) is 47.4 Å². The number of nitrogens with zero attached hydrogens (tertiary/aromatic N) is 3. The summed E-state index contributed by atoms with van der Waals surface area (Å²) in [6.07, 6.45) is -4.80. The second-order valence-corrected chi connectivity index (χ2v) is 12.8. The standard InChI is InChI=1S/C28H31F4N5O4S/c1-16(2)15-41-20-11-17(10-19(29)12-20)22-9-8-21(26(38)36-42(39,40)24-7-5-6-23(33)35-24)25(34-22)37-14-18(28(30,31)32)13-27(37,3)4/h5-12,16,18H,13-15H2,1-4H3,(H2,33,35)(H,36,38). The molecular formula is C28H31F4N5O4S. The number of alkyl halides is 3. The highest BCUT2D eigenvalue weighted by Gasteiger charge is 2.51. The normalized spacial score (nSPS) is 17.0. The zero-order chi connectivity index (χ0) is 31.0. The van der Waals surface area contributed by atoms with Gasteiger partial charge in [-0.25, -0.2) is 19.1 Å². The molecule has 226 valence electrons. The number of hydrogen-bond acceptors (Lipinski definition) is 8. The molecule has 1 saturated heterocycles. The van der Waals surface area contributed by atoms with Crippen molar-refractivity contribution in [3.63, 3.8) is 0 Å². The molecule has 3 N–H and O–H groups in total. The van der Waals surface area contributed by atoms with Gasteiger partial charge in [-0.2, -0.15) is 21.6 Å². The van der Waals surface area contributed by atoms with E-state index in [1.54, 1.807) is 13.8 Å². The van der Waals surface area contributed by atoms with Gasteiger partial charge in [0.05, 0.1) is 23.8 Å². The average Bonchev–Trinajstić information content (AvgIpc) is 3.22. The fraction of sp³-hybridized carbons (Fsp3) is 0.393. The zero-order valence-corrected chi connectivity index (χ0v) is 24.2. The van der Waals surface area contributed by atoms with Gasteiger partial charge in [-0.15, -0.1) is 0 Å². The summed E-state index contributed by atoms with van der Waals surface area (Å²) in [4.78, 5) is 22.9. The maximum Gasteiger partial charge on any atom is 0.393 e. The van der Waals surface area contributed by atoms with Crippen LogP contribution in [0.1, 0.15) is 44.5 Å². The van der Waals surface area contributed by atoms with Crippen molar-refractivity contribution >= 4 is 27.6 Å². The Bertz CT molecular complexity index is 1600. The van der Waals surface area contributed by atoms with Crippen LogP contribution < -0.4 is 20.1 Å². The number of hydrogen-bond donors (Lipinski definition) is 2. The number of sulfonamides is 1. The van der Waals surface area contributed by atoms with Crippen LogP contribution in [0.2, 0.25) is 0 Å². The Morgan fingerprint density at radius 1 is 1.17 bits per heavy atom. The number of pyridine rings is 2. The summed E-state index contributed by atoms with van der Waals surface area (Å²) in [5.74, 6) is -3.39. The van der Waals surface area contributed by atoms with Crippen LogP contribution in [0.25, 0.3) is 11.3 Å². The molecule has 0 radical (unpaired) electrons. The number of anilines is 2. The molecule has 1 amide bonds. The van der Waals surface area contributed by atoms with E-state index in [4.69, 9.17) is 10.5 Å². The molecule has 0 saturated carbocycles. The third-order valence-corrected chi connectivity index (χ3v) is 7.95. The lowest BCUT2D eigenvalue weighted by molar-refractivity contribution is -0.169. The van der Waals surface area contributed by atoms with E-state index in [0.717, 1.165) is 6.07 Å². The lowest BCUT2D eigenvalue weighted by atomic mass is 9.96. The van der Waals surface area contributed by atoms with Crippen LogP contribution in [0.4, 0.5) is 29.2 Å². The molecule has 14 heteroatoms. The molecule has 3 heterocycles. The Labute approximate surface area is 241 Å². The first kappa shape index (κ1) is 31.0. The quantitative estimate of drug-likeness (QED) is 0.334. The van der Waals surface area contributed by atoms with E-state index in [1.807, 2.05) is 18.6 Å². The number of nitrogen functional groups attached to an aromatic ring is 1. The van der Waals surface area contributed by atoms with Crippen molar-refractivity contribution in [1.82, 2.24) is 14.7 Å². The van der Waals surface area contributed by atoms with Gasteiger partial charge in [-0.05, 0) is 62.6 Å². The van der Waals surface area contributed by atoms with Crippen molar-refractivity contribution in [2.75, 3.05) is 23.8 Å². The Morgan fingerprint density at radius 2 is 1.88 bits per heavy atom. The minimum absolute atomic E-state index is 0.0964. The lowest BCUT2D eigenvalue weighted by Gasteiger charge is -2.34. The molecule has 1 aliphatic heterocycles. The molecule has 1 atom stereocenters. The molecule has 0 bridgehead atoms. The van der Waals surface area contributed by atoms with Gasteiger partial charge in [-0.3, -0.25) is 4.79 Å². The van der Waals surface area contributed by atoms with E-state index in [9.17, 15) is 30.8 Å². The average molecular weight is 610 g/mol. The molecule has 42 heavy (non-hydrogen) atoms. The van der Waals surface area contributed by atoms with Crippen LogP contribution in [0.3, 0.4) is 0 Å². The zero-order valence-electron chi connectivity index (χ0n) is 23.4. The molecule has 0 spiro atoms. The molecule has 9 nitrogen and oxygen atoms in total. The second kappa shape index (κ2) is 11.4. The molecule has 1 aliphatic rings. The van der Waals surface area contributed by atoms with E-state index in [0.29, 0.717) is 6.61 Å². The first-order valence-electron chi connectivity index (χ1n) is 13.0. The first-order valence-corrected chi connectivity index (χ1v) is 14.5. The lowest BCUT2D eigenvalue weighted by Crippen LogP contribution is -2.41. The summed E-state index contributed by atoms with van der Waals surface area (Å²) in [6.45, 7) is 6.78. The largest absolute Gasteiger partial charge is 0.493 e. The van der Waals surface area contributed by atoms with E-state index in [2.05, 4.69) is 9.97 Å². The van der Waals surface area contributed by atoms with E-state index in [-0.39, 0.29) is 46.5 Å². The maximum absolute atomic E-state index is 14.5. The van der Waals surface area contributed by atoms with Crippen molar-refractivity contribution in [3.05, 3.63) is 59.9 Å². The smallest absolute Gasteiger partial charge is 0.393 e. The fourth-order valence-corrected chi connectivity index (χ4v) is 5.64. The van der Waals surface area contributed by atoms with Gasteiger partial charge in [0.15, 0.2) is 5.03 Å². The van der Waals surface area contributed by atoms with Gasteiger partial charge < -0.3 is 15.4 Å². The number of rotatable bonds is 8. The van der Waals surface area contributed by atoms with Crippen LogP contribution >= 0.6 is 0 Å². The van der Waals surface area contributed by atoms with Gasteiger partial charge in [0.25, 0.3) is 15.9 Å². The monoisotopic (exact) mass is 609 g/mol. The van der Waals surface area contributed by atoms with E-state index >= 15 is 0 Å². The number of carbonyl (C=O) groups excluding carboxylic acids is 1. The minimum atomic E-state index is -4.51. The van der Waals surface area contributed by atoms with Gasteiger partial charge in [0.2, 0.25) is 0 Å². The van der Waals surface area contributed by atoms with Crippen molar-refractivity contribution in [1.29, 1.82) is 0 Å². The van der Waals surface area contributed by atoms with E-state index < -0.39 is 51.0 Å². The highest BCUT2D eigenvalue weighted by Crippen LogP contribution is 2.44. The van der Waals surface area contributed by atoms with Crippen LogP contribution in [-0.4, -0.2) is 49.2 Å². The predicted molar refractivity (Wildman–Crippen MR) is 149 cm³/mol. The Hall–Kier alpha value is -3.94. The molecule has 1 unspecified atom stereocenters. The summed E-state index contributed by atoms with van der Waals surface area (Å²) in [5.41, 5.74) is 4.55. The van der Waals surface area contributed by atoms with Crippen LogP contribution in [0.15, 0.2) is 53.6 Å². The van der Waals surface area contributed by atoms with Crippen LogP contribution in [0.5, 0.6) is 5.75 Å². The number of aromatic nitrogens is 2. The summed E-state index contributed by atoms with van der Waals surface area (Å²) >= 11 is 0. The topological polar surface area (TPSA) is 128 Å². The number of nitrogens with two attached hydrogens (primary N) is 1. The Kier molecular flexibility index (Phi) is 8.40. The van der Waals surface area contributed by atoms with Gasteiger partial charge in [0, 0.05) is 23.7 Å².